The highest BCUT2D eigenvalue weighted by Gasteiger charge is 2.56. The first-order valence-corrected chi connectivity index (χ1v) is 5.10. The van der Waals surface area contributed by atoms with Crippen LogP contribution < -0.4 is 0 Å². The Balaban J connectivity index is 2.16. The molecule has 0 amide bonds. The summed E-state index contributed by atoms with van der Waals surface area (Å²) in [4.78, 5) is 10.7. The van der Waals surface area contributed by atoms with Gasteiger partial charge in [-0.05, 0) is 12.8 Å². The molecule has 1 saturated carbocycles. The Morgan fingerprint density at radius 3 is 2.57 bits per heavy atom. The van der Waals surface area contributed by atoms with Gasteiger partial charge in [0.05, 0.1) is 18.6 Å². The monoisotopic (exact) mass is 200 g/mol. The fourth-order valence-corrected chi connectivity index (χ4v) is 2.65. The summed E-state index contributed by atoms with van der Waals surface area (Å²) in [5.74, 6) is -0.916. The molecule has 0 bridgehead atoms. The van der Waals surface area contributed by atoms with Crippen LogP contribution >= 0.6 is 0 Å². The van der Waals surface area contributed by atoms with Gasteiger partial charge in [-0.25, -0.2) is 0 Å². The Morgan fingerprint density at radius 2 is 2.07 bits per heavy atom. The van der Waals surface area contributed by atoms with Crippen LogP contribution in [0.1, 0.15) is 32.1 Å². The van der Waals surface area contributed by atoms with Crippen LogP contribution in [0.25, 0.3) is 0 Å². The summed E-state index contributed by atoms with van der Waals surface area (Å²) < 4.78 is 5.35. The summed E-state index contributed by atoms with van der Waals surface area (Å²) in [5, 5.41) is 19.1. The number of carboxylic acid groups (broad SMARTS) is 1. The largest absolute Gasteiger partial charge is 0.481 e. The van der Waals surface area contributed by atoms with Crippen molar-refractivity contribution in [2.45, 2.75) is 37.7 Å². The summed E-state index contributed by atoms with van der Waals surface area (Å²) in [6.45, 7) is 1.00. The maximum atomic E-state index is 10.7. The minimum absolute atomic E-state index is 0.143. The van der Waals surface area contributed by atoms with Gasteiger partial charge in [0, 0.05) is 18.4 Å². The van der Waals surface area contributed by atoms with E-state index >= 15 is 0 Å². The lowest BCUT2D eigenvalue weighted by molar-refractivity contribution is -0.211. The van der Waals surface area contributed by atoms with Crippen molar-refractivity contribution in [2.75, 3.05) is 13.2 Å². The van der Waals surface area contributed by atoms with Crippen LogP contribution in [0, 0.1) is 5.41 Å². The average molecular weight is 200 g/mol. The first-order chi connectivity index (χ1) is 6.58. The van der Waals surface area contributed by atoms with E-state index in [2.05, 4.69) is 0 Å². The van der Waals surface area contributed by atoms with Gasteiger partial charge in [-0.1, -0.05) is 6.42 Å². The summed E-state index contributed by atoms with van der Waals surface area (Å²) >= 11 is 0. The van der Waals surface area contributed by atoms with Gasteiger partial charge in [0.25, 0.3) is 0 Å². The molecule has 2 fully saturated rings. The first kappa shape index (κ1) is 9.93. The predicted molar refractivity (Wildman–Crippen MR) is 48.9 cm³/mol. The number of carbonyl (C=O) groups is 1. The maximum absolute atomic E-state index is 10.7. The molecule has 1 aliphatic carbocycles. The molecule has 2 aliphatic rings. The van der Waals surface area contributed by atoms with E-state index < -0.39 is 11.6 Å². The van der Waals surface area contributed by atoms with Gasteiger partial charge in [0.1, 0.15) is 0 Å². The van der Waals surface area contributed by atoms with E-state index in [9.17, 15) is 9.90 Å². The van der Waals surface area contributed by atoms with E-state index in [1.54, 1.807) is 0 Å². The number of hydrogen-bond donors (Lipinski definition) is 2. The lowest BCUT2D eigenvalue weighted by Gasteiger charge is -2.55. The smallest absolute Gasteiger partial charge is 0.306 e. The van der Waals surface area contributed by atoms with Crippen LogP contribution in [0.15, 0.2) is 0 Å². The summed E-state index contributed by atoms with van der Waals surface area (Å²) in [6, 6.07) is 0. The molecule has 1 spiro atoms. The highest BCUT2D eigenvalue weighted by molar-refractivity contribution is 5.68. The lowest BCUT2D eigenvalue weighted by atomic mass is 9.56. The third-order valence-electron chi connectivity index (χ3n) is 3.78. The van der Waals surface area contributed by atoms with Crippen molar-refractivity contribution < 1.29 is 19.7 Å². The van der Waals surface area contributed by atoms with Crippen molar-refractivity contribution in [3.05, 3.63) is 0 Å². The second-order valence-corrected chi connectivity index (χ2v) is 4.54. The molecule has 4 heteroatoms. The fourth-order valence-electron chi connectivity index (χ4n) is 2.65. The van der Waals surface area contributed by atoms with Gasteiger partial charge in [-0.15, -0.1) is 0 Å². The lowest BCUT2D eigenvalue weighted by Crippen LogP contribution is -2.59. The Hall–Kier alpha value is -0.610. The second kappa shape index (κ2) is 3.21. The van der Waals surface area contributed by atoms with Gasteiger partial charge in [-0.3, -0.25) is 4.79 Å². The molecule has 80 valence electrons. The molecule has 0 radical (unpaired) electrons. The van der Waals surface area contributed by atoms with Crippen LogP contribution in [-0.4, -0.2) is 35.0 Å². The molecule has 14 heavy (non-hydrogen) atoms. The molecule has 1 atom stereocenters. The molecule has 2 rings (SSSR count). The summed E-state index contributed by atoms with van der Waals surface area (Å²) in [7, 11) is 0. The standard InChI is InChI=1S/C10H16O4/c11-8(12)6-10(13)4-5-14-7-9(10)2-1-3-9/h13H,1-7H2,(H,11,12). The molecule has 1 saturated heterocycles. The number of carboxylic acids is 1. The normalized spacial score (nSPS) is 35.2. The van der Waals surface area contributed by atoms with Gasteiger partial charge in [0.15, 0.2) is 0 Å². The molecular formula is C10H16O4. The van der Waals surface area contributed by atoms with Crippen LogP contribution in [0.4, 0.5) is 0 Å². The second-order valence-electron chi connectivity index (χ2n) is 4.54. The van der Waals surface area contributed by atoms with Crippen LogP contribution in [0.5, 0.6) is 0 Å². The molecule has 1 aliphatic heterocycles. The van der Waals surface area contributed by atoms with Crippen LogP contribution in [0.2, 0.25) is 0 Å². The Labute approximate surface area is 82.9 Å². The van der Waals surface area contributed by atoms with Gasteiger partial charge < -0.3 is 14.9 Å². The zero-order valence-electron chi connectivity index (χ0n) is 8.16. The predicted octanol–water partition coefficient (Wildman–Crippen LogP) is 0.783. The summed E-state index contributed by atoms with van der Waals surface area (Å²) in [5.41, 5.74) is -1.29. The van der Waals surface area contributed by atoms with E-state index in [4.69, 9.17) is 9.84 Å². The van der Waals surface area contributed by atoms with Gasteiger partial charge >= 0.3 is 5.97 Å². The van der Waals surface area contributed by atoms with Gasteiger partial charge in [0.2, 0.25) is 0 Å². The van der Waals surface area contributed by atoms with E-state index in [0.717, 1.165) is 19.3 Å². The molecule has 1 unspecified atom stereocenters. The first-order valence-electron chi connectivity index (χ1n) is 5.10. The molecule has 0 aromatic heterocycles. The molecule has 0 aromatic carbocycles. The van der Waals surface area contributed by atoms with Gasteiger partial charge in [-0.2, -0.15) is 0 Å². The number of ether oxygens (including phenoxy) is 1. The van der Waals surface area contributed by atoms with Crippen LogP contribution in [0.3, 0.4) is 0 Å². The topological polar surface area (TPSA) is 66.8 Å². The van der Waals surface area contributed by atoms with Crippen molar-refractivity contribution in [3.8, 4) is 0 Å². The van der Waals surface area contributed by atoms with Crippen molar-refractivity contribution in [3.63, 3.8) is 0 Å². The number of hydrogen-bond acceptors (Lipinski definition) is 3. The molecular weight excluding hydrogens is 184 g/mol. The van der Waals surface area contributed by atoms with E-state index in [-0.39, 0.29) is 11.8 Å². The van der Waals surface area contributed by atoms with E-state index in [1.165, 1.54) is 0 Å². The third kappa shape index (κ3) is 1.33. The quantitative estimate of drug-likeness (QED) is 0.691. The highest BCUT2D eigenvalue weighted by Crippen LogP contribution is 2.54. The molecule has 0 aromatic rings. The van der Waals surface area contributed by atoms with Crippen molar-refractivity contribution in [1.82, 2.24) is 0 Å². The zero-order valence-corrected chi connectivity index (χ0v) is 8.16. The third-order valence-corrected chi connectivity index (χ3v) is 3.78. The maximum Gasteiger partial charge on any atom is 0.306 e. The fraction of sp³-hybridized carbons (Fsp3) is 0.900. The van der Waals surface area contributed by atoms with Crippen LogP contribution in [-0.2, 0) is 9.53 Å². The molecule has 2 N–H and O–H groups in total. The number of aliphatic carboxylic acids is 1. The molecule has 1 heterocycles. The number of rotatable bonds is 2. The minimum atomic E-state index is -1.03. The van der Waals surface area contributed by atoms with Crippen molar-refractivity contribution in [2.24, 2.45) is 5.41 Å². The SMILES string of the molecule is O=C(O)CC1(O)CCOCC12CCC2. The van der Waals surface area contributed by atoms with E-state index in [1.807, 2.05) is 0 Å². The highest BCUT2D eigenvalue weighted by atomic mass is 16.5. The average Bonchev–Trinajstić information content (AvgIpc) is 1.99. The summed E-state index contributed by atoms with van der Waals surface area (Å²) in [6.07, 6.45) is 3.19. The zero-order chi connectivity index (χ0) is 10.2. The minimum Gasteiger partial charge on any atom is -0.481 e. The number of aliphatic hydroxyl groups is 1. The Bertz CT molecular complexity index is 247. The van der Waals surface area contributed by atoms with Crippen molar-refractivity contribution in [1.29, 1.82) is 0 Å². The Kier molecular flexibility index (Phi) is 2.27. The van der Waals surface area contributed by atoms with E-state index in [0.29, 0.717) is 19.6 Å². The van der Waals surface area contributed by atoms with Crippen molar-refractivity contribution >= 4 is 5.97 Å². The molecule has 4 nitrogen and oxygen atoms in total. The Morgan fingerprint density at radius 1 is 1.36 bits per heavy atom.